The van der Waals surface area contributed by atoms with Crippen LogP contribution in [0.25, 0.3) is 0 Å². The van der Waals surface area contributed by atoms with Gasteiger partial charge in [0.05, 0.1) is 7.11 Å². The van der Waals surface area contributed by atoms with Gasteiger partial charge in [0, 0.05) is 20.3 Å². The lowest BCUT2D eigenvalue weighted by molar-refractivity contribution is -0.134. The molecule has 0 heterocycles. The van der Waals surface area contributed by atoms with Gasteiger partial charge in [-0.25, -0.2) is 4.79 Å². The number of aliphatic hydroxyl groups excluding tert-OH is 2. The summed E-state index contributed by atoms with van der Waals surface area (Å²) >= 11 is 0. The van der Waals surface area contributed by atoms with Crippen LogP contribution in [-0.2, 0) is 9.53 Å². The average Bonchev–Trinajstić information content (AvgIpc) is 3.04. The average molecular weight is 571 g/mol. The van der Waals surface area contributed by atoms with Gasteiger partial charge in [-0.15, -0.1) is 0 Å². The molecule has 3 saturated carbocycles. The van der Waals surface area contributed by atoms with Crippen molar-refractivity contribution < 1.29 is 19.7 Å². The van der Waals surface area contributed by atoms with Crippen molar-refractivity contribution in [1.82, 2.24) is 0 Å². The van der Waals surface area contributed by atoms with Crippen LogP contribution in [0.5, 0.6) is 0 Å². The summed E-state index contributed by atoms with van der Waals surface area (Å²) in [5.41, 5.74) is 0. The highest BCUT2D eigenvalue weighted by Gasteiger charge is 1.97. The number of carbonyl (C=O) groups is 1. The molecule has 3 aliphatic carbocycles. The van der Waals surface area contributed by atoms with Crippen molar-refractivity contribution in [2.24, 2.45) is 0 Å². The Morgan fingerprint density at radius 2 is 0.500 bits per heavy atom. The molecule has 0 atom stereocenters. The SMILES string of the molecule is C1CCCCCCCCC1.C1CCCCCCCCC1.C1CCCCCCCCC1.C=CC(=O)OC.CO.CO. The van der Waals surface area contributed by atoms with E-state index in [0.29, 0.717) is 0 Å². The highest BCUT2D eigenvalue weighted by molar-refractivity contribution is 5.80. The van der Waals surface area contributed by atoms with Gasteiger partial charge >= 0.3 is 5.97 Å². The predicted molar refractivity (Wildman–Crippen MR) is 177 cm³/mol. The van der Waals surface area contributed by atoms with E-state index in [1.54, 1.807) is 0 Å². The summed E-state index contributed by atoms with van der Waals surface area (Å²) < 4.78 is 4.14. The van der Waals surface area contributed by atoms with Crippen molar-refractivity contribution in [3.63, 3.8) is 0 Å². The zero-order valence-electron chi connectivity index (χ0n) is 27.7. The molecule has 0 aromatic heterocycles. The first-order chi connectivity index (χ1) is 19.8. The number of aliphatic hydroxyl groups is 2. The van der Waals surface area contributed by atoms with Crippen molar-refractivity contribution in [2.75, 3.05) is 21.3 Å². The van der Waals surface area contributed by atoms with Crippen LogP contribution in [0.3, 0.4) is 0 Å². The Kier molecular flexibility index (Phi) is 49.2. The minimum absolute atomic E-state index is 0.394. The first-order valence-corrected chi connectivity index (χ1v) is 17.4. The van der Waals surface area contributed by atoms with Gasteiger partial charge in [-0.05, 0) is 0 Å². The van der Waals surface area contributed by atoms with E-state index < -0.39 is 5.97 Å². The maximum Gasteiger partial charge on any atom is 0.329 e. The van der Waals surface area contributed by atoms with Crippen molar-refractivity contribution in [3.05, 3.63) is 12.7 Å². The Labute approximate surface area is 252 Å². The zero-order chi connectivity index (χ0) is 30.2. The first-order valence-electron chi connectivity index (χ1n) is 17.4. The van der Waals surface area contributed by atoms with Gasteiger partial charge in [-0.2, -0.15) is 0 Å². The van der Waals surface area contributed by atoms with E-state index in [-0.39, 0.29) is 0 Å². The highest BCUT2D eigenvalue weighted by Crippen LogP contribution is 2.17. The zero-order valence-corrected chi connectivity index (χ0v) is 27.7. The normalized spacial score (nSPS) is 19.3. The number of ether oxygens (including phenoxy) is 1. The van der Waals surface area contributed by atoms with Crippen LogP contribution >= 0.6 is 0 Å². The van der Waals surface area contributed by atoms with E-state index in [4.69, 9.17) is 10.2 Å². The second-order valence-corrected chi connectivity index (χ2v) is 11.3. The highest BCUT2D eigenvalue weighted by atomic mass is 16.5. The standard InChI is InChI=1S/3C10H20.C4H6O2.2CH4O/c3*1-2-4-6-8-10-9-7-5-3-1;1-3-4(5)6-2;2*1-2/h3*1-10H2;3H,1H2,2H3;2*2H,1H3. The van der Waals surface area contributed by atoms with Crippen molar-refractivity contribution in [1.29, 1.82) is 0 Å². The minimum Gasteiger partial charge on any atom is -0.466 e. The van der Waals surface area contributed by atoms with E-state index in [0.717, 1.165) is 20.3 Å². The molecule has 0 aromatic carbocycles. The third-order valence-electron chi connectivity index (χ3n) is 7.87. The summed E-state index contributed by atoms with van der Waals surface area (Å²) in [6.45, 7) is 3.16. The maximum absolute atomic E-state index is 9.84. The largest absolute Gasteiger partial charge is 0.466 e. The number of hydrogen-bond acceptors (Lipinski definition) is 4. The lowest BCUT2D eigenvalue weighted by atomic mass is 10.0. The molecule has 0 aliphatic heterocycles. The van der Waals surface area contributed by atoms with Gasteiger partial charge < -0.3 is 14.9 Å². The van der Waals surface area contributed by atoms with Crippen LogP contribution in [0.15, 0.2) is 12.7 Å². The molecular weight excluding hydrogens is 496 g/mol. The fourth-order valence-corrected chi connectivity index (χ4v) is 5.39. The van der Waals surface area contributed by atoms with Gasteiger partial charge in [0.15, 0.2) is 0 Å². The minimum atomic E-state index is -0.394. The van der Waals surface area contributed by atoms with Crippen LogP contribution in [0, 0.1) is 0 Å². The van der Waals surface area contributed by atoms with E-state index in [2.05, 4.69) is 11.3 Å². The Morgan fingerprint density at radius 1 is 0.400 bits per heavy atom. The monoisotopic (exact) mass is 571 g/mol. The quantitative estimate of drug-likeness (QED) is 0.243. The molecule has 0 unspecified atom stereocenters. The summed E-state index contributed by atoms with van der Waals surface area (Å²) in [5.74, 6) is -0.394. The lowest BCUT2D eigenvalue weighted by Crippen LogP contribution is -1.91. The van der Waals surface area contributed by atoms with Gasteiger partial charge in [-0.3, -0.25) is 0 Å². The molecular formula is C36H74O4. The molecule has 0 radical (unpaired) electrons. The number of hydrogen-bond donors (Lipinski definition) is 2. The Hall–Kier alpha value is -0.870. The molecule has 0 saturated heterocycles. The fraction of sp³-hybridized carbons (Fsp3) is 0.917. The molecule has 242 valence electrons. The molecule has 3 rings (SSSR count). The summed E-state index contributed by atoms with van der Waals surface area (Å²) in [5, 5.41) is 14.0. The van der Waals surface area contributed by atoms with Crippen LogP contribution in [0.2, 0.25) is 0 Å². The molecule has 0 bridgehead atoms. The third-order valence-corrected chi connectivity index (χ3v) is 7.87. The molecule has 0 aromatic rings. The van der Waals surface area contributed by atoms with Gasteiger partial charge in [0.1, 0.15) is 0 Å². The summed E-state index contributed by atoms with van der Waals surface area (Å²) in [4.78, 5) is 9.84. The molecule has 40 heavy (non-hydrogen) atoms. The molecule has 4 heteroatoms. The van der Waals surface area contributed by atoms with E-state index in [1.807, 2.05) is 0 Å². The van der Waals surface area contributed by atoms with Crippen LogP contribution < -0.4 is 0 Å². The summed E-state index contributed by atoms with van der Waals surface area (Å²) in [7, 11) is 3.31. The molecule has 0 spiro atoms. The number of rotatable bonds is 1. The second kappa shape index (κ2) is 45.1. The number of esters is 1. The topological polar surface area (TPSA) is 66.8 Å². The molecule has 2 N–H and O–H groups in total. The van der Waals surface area contributed by atoms with E-state index in [1.165, 1.54) is 200 Å². The van der Waals surface area contributed by atoms with Gasteiger partial charge in [-0.1, -0.05) is 199 Å². The van der Waals surface area contributed by atoms with Gasteiger partial charge in [0.2, 0.25) is 0 Å². The summed E-state index contributed by atoms with van der Waals surface area (Å²) in [6, 6.07) is 0. The third kappa shape index (κ3) is 44.2. The lowest BCUT2D eigenvalue weighted by Gasteiger charge is -2.05. The van der Waals surface area contributed by atoms with Crippen molar-refractivity contribution in [3.8, 4) is 0 Å². The Balaban J connectivity index is -0.000000444. The van der Waals surface area contributed by atoms with Crippen molar-refractivity contribution >= 4 is 5.97 Å². The smallest absolute Gasteiger partial charge is 0.329 e. The molecule has 4 nitrogen and oxygen atoms in total. The van der Waals surface area contributed by atoms with Crippen LogP contribution in [0.4, 0.5) is 0 Å². The molecule has 3 fully saturated rings. The fourth-order valence-electron chi connectivity index (χ4n) is 5.39. The van der Waals surface area contributed by atoms with E-state index >= 15 is 0 Å². The van der Waals surface area contributed by atoms with Gasteiger partial charge in [0.25, 0.3) is 0 Å². The predicted octanol–water partition coefficient (Wildman–Crippen LogP) is 11.3. The number of methoxy groups -OCH3 is 1. The van der Waals surface area contributed by atoms with Crippen LogP contribution in [0.1, 0.15) is 193 Å². The first kappa shape index (κ1) is 43.6. The van der Waals surface area contributed by atoms with Crippen LogP contribution in [-0.4, -0.2) is 37.5 Å². The number of carbonyl (C=O) groups excluding carboxylic acids is 1. The van der Waals surface area contributed by atoms with E-state index in [9.17, 15) is 4.79 Å². The molecule has 3 aliphatic rings. The second-order valence-electron chi connectivity index (χ2n) is 11.3. The van der Waals surface area contributed by atoms with Crippen molar-refractivity contribution in [2.45, 2.75) is 193 Å². The Bertz CT molecular complexity index is 291. The summed E-state index contributed by atoms with van der Waals surface area (Å²) in [6.07, 6.45) is 46.1. The maximum atomic E-state index is 9.84. The Morgan fingerprint density at radius 3 is 0.525 bits per heavy atom. The molecule has 0 amide bonds.